The third-order valence-corrected chi connectivity index (χ3v) is 9.76. The number of alkyl halides is 2. The van der Waals surface area contributed by atoms with E-state index >= 15 is 0 Å². The molecular weight excluding hydrogens is 522 g/mol. The van der Waals surface area contributed by atoms with Crippen molar-refractivity contribution in [2.45, 2.75) is 28.5 Å². The fourth-order valence-corrected chi connectivity index (χ4v) is 7.53. The molecule has 37 heavy (non-hydrogen) atoms. The van der Waals surface area contributed by atoms with E-state index in [4.69, 9.17) is 23.2 Å². The zero-order valence-corrected chi connectivity index (χ0v) is 21.0. The van der Waals surface area contributed by atoms with Gasteiger partial charge in [0.15, 0.2) is 9.75 Å². The second-order valence-electron chi connectivity index (χ2n) is 10.1. The normalized spacial score (nSPS) is 34.9. The van der Waals surface area contributed by atoms with E-state index in [1.54, 1.807) is 12.1 Å². The van der Waals surface area contributed by atoms with E-state index in [2.05, 4.69) is 0 Å². The lowest BCUT2D eigenvalue weighted by Crippen LogP contribution is -2.60. The van der Waals surface area contributed by atoms with E-state index in [1.807, 2.05) is 6.08 Å². The first-order chi connectivity index (χ1) is 17.5. The second kappa shape index (κ2) is 7.88. The predicted molar refractivity (Wildman–Crippen MR) is 132 cm³/mol. The van der Waals surface area contributed by atoms with Gasteiger partial charge >= 0.3 is 0 Å². The SMILES string of the molecule is CN1C(=O)C2CC=C3C(CC4(Cl)C(=O)N(c5ccc(F)cc5)C(=O)C4(Cl)C3c3ccc(O)cc3)C2C1=O. The number of rotatable bonds is 2. The van der Waals surface area contributed by atoms with Gasteiger partial charge in [0.25, 0.3) is 11.8 Å². The summed E-state index contributed by atoms with van der Waals surface area (Å²) in [5, 5.41) is 9.89. The van der Waals surface area contributed by atoms with Crippen LogP contribution in [0.3, 0.4) is 0 Å². The molecule has 6 unspecified atom stereocenters. The van der Waals surface area contributed by atoms with Gasteiger partial charge in [0.1, 0.15) is 11.6 Å². The molecule has 2 saturated heterocycles. The molecule has 0 bridgehead atoms. The van der Waals surface area contributed by atoms with Gasteiger partial charge in [-0.25, -0.2) is 9.29 Å². The molecule has 0 aromatic heterocycles. The summed E-state index contributed by atoms with van der Waals surface area (Å²) < 4.78 is 13.6. The number of phenols is 1. The standard InChI is InChI=1S/C27H21Cl2FN2O5/c1-31-22(34)18-11-10-17-19(20(18)23(31)35)12-26(28)24(36)32(15-6-4-14(30)5-7-15)25(37)27(26,29)21(17)13-2-8-16(33)9-3-13/h2-10,18-21,33H,11-12H2,1H3. The molecule has 0 spiro atoms. The molecule has 2 aliphatic heterocycles. The van der Waals surface area contributed by atoms with Crippen molar-refractivity contribution in [3.63, 3.8) is 0 Å². The number of benzene rings is 2. The molecule has 2 aliphatic carbocycles. The molecule has 190 valence electrons. The number of allylic oxidation sites excluding steroid dienone is 2. The highest BCUT2D eigenvalue weighted by Gasteiger charge is 2.76. The lowest BCUT2D eigenvalue weighted by atomic mass is 9.56. The molecule has 6 atom stereocenters. The number of imide groups is 2. The van der Waals surface area contributed by atoms with Crippen molar-refractivity contribution in [3.05, 3.63) is 71.6 Å². The van der Waals surface area contributed by atoms with Crippen LogP contribution in [0.4, 0.5) is 10.1 Å². The van der Waals surface area contributed by atoms with Crippen molar-refractivity contribution >= 4 is 52.5 Å². The Morgan fingerprint density at radius 1 is 0.919 bits per heavy atom. The maximum Gasteiger partial charge on any atom is 0.258 e. The summed E-state index contributed by atoms with van der Waals surface area (Å²) in [7, 11) is 1.44. The molecule has 0 radical (unpaired) electrons. The highest BCUT2D eigenvalue weighted by molar-refractivity contribution is 6.58. The van der Waals surface area contributed by atoms with Gasteiger partial charge < -0.3 is 5.11 Å². The first-order valence-corrected chi connectivity index (χ1v) is 12.6. The zero-order chi connectivity index (χ0) is 26.4. The quantitative estimate of drug-likeness (QED) is 0.354. The summed E-state index contributed by atoms with van der Waals surface area (Å²) in [5.74, 6) is -5.59. The van der Waals surface area contributed by atoms with Crippen LogP contribution < -0.4 is 4.90 Å². The molecule has 4 amide bonds. The fraction of sp³-hybridized carbons (Fsp3) is 0.333. The van der Waals surface area contributed by atoms with E-state index in [0.29, 0.717) is 11.1 Å². The van der Waals surface area contributed by atoms with Crippen molar-refractivity contribution in [2.24, 2.45) is 17.8 Å². The minimum Gasteiger partial charge on any atom is -0.508 e. The Balaban J connectivity index is 1.57. The van der Waals surface area contributed by atoms with Gasteiger partial charge in [-0.1, -0.05) is 23.8 Å². The first kappa shape index (κ1) is 24.1. The topological polar surface area (TPSA) is 95.0 Å². The number of nitrogens with zero attached hydrogens (tertiary/aromatic N) is 2. The minimum absolute atomic E-state index is 0.00508. The highest BCUT2D eigenvalue weighted by Crippen LogP contribution is 2.65. The minimum atomic E-state index is -1.98. The van der Waals surface area contributed by atoms with Crippen LogP contribution >= 0.6 is 23.2 Å². The number of carbonyl (C=O) groups is 4. The molecule has 2 aromatic rings. The molecule has 7 nitrogen and oxygen atoms in total. The Hall–Kier alpha value is -3.23. The van der Waals surface area contributed by atoms with Crippen molar-refractivity contribution in [3.8, 4) is 5.75 Å². The van der Waals surface area contributed by atoms with E-state index < -0.39 is 51.1 Å². The molecular formula is C27H21Cl2FN2O5. The van der Waals surface area contributed by atoms with Crippen molar-refractivity contribution in [1.82, 2.24) is 4.90 Å². The van der Waals surface area contributed by atoms with Crippen molar-refractivity contribution in [2.75, 3.05) is 11.9 Å². The van der Waals surface area contributed by atoms with Gasteiger partial charge in [0.05, 0.1) is 17.5 Å². The average Bonchev–Trinajstić information content (AvgIpc) is 3.19. The molecule has 3 fully saturated rings. The summed E-state index contributed by atoms with van der Waals surface area (Å²) >= 11 is 14.4. The number of phenolic OH excluding ortho intramolecular Hbond substituents is 1. The molecule has 2 heterocycles. The summed E-state index contributed by atoms with van der Waals surface area (Å²) in [4.78, 5) is 52.1. The van der Waals surface area contributed by atoms with Gasteiger partial charge in [-0.3, -0.25) is 24.1 Å². The van der Waals surface area contributed by atoms with E-state index in [1.165, 1.54) is 31.3 Å². The lowest BCUT2D eigenvalue weighted by Gasteiger charge is -2.50. The molecule has 1 saturated carbocycles. The average molecular weight is 543 g/mol. The summed E-state index contributed by atoms with van der Waals surface area (Å²) in [6.07, 6.45) is 1.99. The van der Waals surface area contributed by atoms with E-state index in [-0.39, 0.29) is 36.1 Å². The molecule has 4 aliphatic rings. The number of carbonyl (C=O) groups excluding carboxylic acids is 4. The number of halogens is 3. The Labute approximate surface area is 221 Å². The molecule has 10 heteroatoms. The Morgan fingerprint density at radius 2 is 1.57 bits per heavy atom. The number of amides is 4. The molecule has 2 aromatic carbocycles. The number of fused-ring (bicyclic) bond motifs is 4. The Kier molecular flexibility index (Phi) is 5.14. The summed E-state index contributed by atoms with van der Waals surface area (Å²) in [5.41, 5.74) is 1.31. The molecule has 6 rings (SSSR count). The number of anilines is 1. The van der Waals surface area contributed by atoms with Gasteiger partial charge in [0, 0.05) is 13.0 Å². The Bertz CT molecular complexity index is 1410. The maximum absolute atomic E-state index is 14.1. The number of hydrogen-bond acceptors (Lipinski definition) is 5. The summed E-state index contributed by atoms with van der Waals surface area (Å²) in [6, 6.07) is 10.9. The van der Waals surface area contributed by atoms with Crippen molar-refractivity contribution in [1.29, 1.82) is 0 Å². The maximum atomic E-state index is 14.1. The van der Waals surface area contributed by atoms with Crippen molar-refractivity contribution < 1.29 is 28.7 Å². The van der Waals surface area contributed by atoms with Crippen LogP contribution in [0.2, 0.25) is 0 Å². The van der Waals surface area contributed by atoms with E-state index in [9.17, 15) is 28.7 Å². The number of likely N-dealkylation sites (tertiary alicyclic amines) is 1. The van der Waals surface area contributed by atoms with Crippen LogP contribution in [-0.4, -0.2) is 50.4 Å². The predicted octanol–water partition coefficient (Wildman–Crippen LogP) is 3.72. The van der Waals surface area contributed by atoms with Gasteiger partial charge in [-0.15, -0.1) is 23.2 Å². The number of hydrogen-bond donors (Lipinski definition) is 1. The monoisotopic (exact) mass is 542 g/mol. The van der Waals surface area contributed by atoms with Crippen LogP contribution in [0.1, 0.15) is 24.3 Å². The third-order valence-electron chi connectivity index (χ3n) is 8.34. The van der Waals surface area contributed by atoms with Crippen LogP contribution in [0, 0.1) is 23.6 Å². The number of aromatic hydroxyl groups is 1. The van der Waals surface area contributed by atoms with Gasteiger partial charge in [-0.2, -0.15) is 0 Å². The molecule has 1 N–H and O–H groups in total. The highest BCUT2D eigenvalue weighted by atomic mass is 35.5. The smallest absolute Gasteiger partial charge is 0.258 e. The van der Waals surface area contributed by atoms with E-state index in [0.717, 1.165) is 21.9 Å². The second-order valence-corrected chi connectivity index (χ2v) is 11.3. The van der Waals surface area contributed by atoms with Gasteiger partial charge in [0.2, 0.25) is 11.8 Å². The fourth-order valence-electron chi connectivity index (χ4n) is 6.60. The summed E-state index contributed by atoms with van der Waals surface area (Å²) in [6.45, 7) is 0. The lowest BCUT2D eigenvalue weighted by molar-refractivity contribution is -0.138. The Morgan fingerprint density at radius 3 is 2.22 bits per heavy atom. The zero-order valence-electron chi connectivity index (χ0n) is 19.5. The van der Waals surface area contributed by atoms with Crippen LogP contribution in [0.5, 0.6) is 5.75 Å². The van der Waals surface area contributed by atoms with Crippen LogP contribution in [0.15, 0.2) is 60.2 Å². The largest absolute Gasteiger partial charge is 0.508 e. The van der Waals surface area contributed by atoms with Crippen LogP contribution in [-0.2, 0) is 19.2 Å². The first-order valence-electron chi connectivity index (χ1n) is 11.8. The van der Waals surface area contributed by atoms with Gasteiger partial charge in [-0.05, 0) is 60.7 Å². The van der Waals surface area contributed by atoms with Crippen LogP contribution in [0.25, 0.3) is 0 Å². The third kappa shape index (κ3) is 3.00.